The van der Waals surface area contributed by atoms with Gasteiger partial charge in [-0.3, -0.25) is 0 Å². The number of hydrogen-bond acceptors (Lipinski definition) is 4. The van der Waals surface area contributed by atoms with Crippen molar-refractivity contribution in [2.45, 2.75) is 20.3 Å². The van der Waals surface area contributed by atoms with Gasteiger partial charge in [0.05, 0.1) is 15.9 Å². The van der Waals surface area contributed by atoms with Crippen molar-refractivity contribution < 1.29 is 4.74 Å². The number of aromatic nitrogens is 2. The molecule has 2 aromatic rings. The van der Waals surface area contributed by atoms with Crippen LogP contribution in [0.25, 0.3) is 11.4 Å². The predicted molar refractivity (Wildman–Crippen MR) is 90.3 cm³/mol. The zero-order valence-electron chi connectivity index (χ0n) is 11.9. The summed E-state index contributed by atoms with van der Waals surface area (Å²) in [5.74, 6) is 2.47. The maximum atomic E-state index is 5.58. The van der Waals surface area contributed by atoms with Gasteiger partial charge >= 0.3 is 0 Å². The molecule has 0 radical (unpaired) electrons. The zero-order chi connectivity index (χ0) is 14.5. The van der Waals surface area contributed by atoms with Gasteiger partial charge in [-0.15, -0.1) is 0 Å². The maximum absolute atomic E-state index is 5.58. The van der Waals surface area contributed by atoms with Gasteiger partial charge in [0.2, 0.25) is 0 Å². The summed E-state index contributed by atoms with van der Waals surface area (Å²) < 4.78 is 6.63. The second kappa shape index (κ2) is 6.88. The molecule has 1 aromatic heterocycles. The molecule has 0 spiro atoms. The van der Waals surface area contributed by atoms with Gasteiger partial charge in [-0.05, 0) is 60.2 Å². The number of halogens is 1. The Morgan fingerprint density at radius 2 is 1.90 bits per heavy atom. The Morgan fingerprint density at radius 3 is 2.50 bits per heavy atom. The average molecular weight is 383 g/mol. The molecule has 0 atom stereocenters. The van der Waals surface area contributed by atoms with Crippen LogP contribution in [-0.2, 0) is 0 Å². The first-order chi connectivity index (χ1) is 9.65. The van der Waals surface area contributed by atoms with Crippen molar-refractivity contribution in [2.24, 2.45) is 0 Å². The van der Waals surface area contributed by atoms with Gasteiger partial charge in [-0.25, -0.2) is 9.97 Å². The molecule has 0 amide bonds. The number of anilines is 1. The first kappa shape index (κ1) is 15.0. The Kier molecular flexibility index (Phi) is 5.17. The van der Waals surface area contributed by atoms with Gasteiger partial charge in [0, 0.05) is 12.6 Å². The monoisotopic (exact) mass is 383 g/mol. The molecule has 106 valence electrons. The lowest BCUT2D eigenvalue weighted by molar-refractivity contribution is 0.317. The van der Waals surface area contributed by atoms with Crippen molar-refractivity contribution in [2.75, 3.05) is 19.0 Å². The fourth-order valence-electron chi connectivity index (χ4n) is 1.77. The van der Waals surface area contributed by atoms with Gasteiger partial charge in [0.25, 0.3) is 0 Å². The predicted octanol–water partition coefficient (Wildman–Crippen LogP) is 3.89. The van der Waals surface area contributed by atoms with E-state index in [4.69, 9.17) is 4.74 Å². The minimum absolute atomic E-state index is 0.731. The standard InChI is InChI=1S/C15H18IN3O/c1-4-9-20-12-7-5-11(6-8-12)14-18-10(2)13(16)15(17-3)19-14/h5-8H,4,9H2,1-3H3,(H,17,18,19). The highest BCUT2D eigenvalue weighted by Gasteiger charge is 2.09. The minimum Gasteiger partial charge on any atom is -0.494 e. The van der Waals surface area contributed by atoms with E-state index in [0.717, 1.165) is 45.2 Å². The van der Waals surface area contributed by atoms with Crippen LogP contribution in [0.3, 0.4) is 0 Å². The molecule has 0 aliphatic carbocycles. The third kappa shape index (κ3) is 3.39. The highest BCUT2D eigenvalue weighted by atomic mass is 127. The van der Waals surface area contributed by atoms with Gasteiger partial charge in [-0.1, -0.05) is 6.92 Å². The second-order valence-electron chi connectivity index (χ2n) is 4.42. The van der Waals surface area contributed by atoms with E-state index in [2.05, 4.69) is 44.8 Å². The second-order valence-corrected chi connectivity index (χ2v) is 5.50. The lowest BCUT2D eigenvalue weighted by Crippen LogP contribution is -2.02. The normalized spacial score (nSPS) is 10.4. The fraction of sp³-hybridized carbons (Fsp3) is 0.333. The summed E-state index contributed by atoms with van der Waals surface area (Å²) in [6.07, 6.45) is 1.01. The molecule has 20 heavy (non-hydrogen) atoms. The molecule has 0 aliphatic heterocycles. The third-order valence-corrected chi connectivity index (χ3v) is 4.13. The van der Waals surface area contributed by atoms with Gasteiger partial charge in [0.1, 0.15) is 11.6 Å². The number of ether oxygens (including phenoxy) is 1. The van der Waals surface area contributed by atoms with Crippen LogP contribution in [0.15, 0.2) is 24.3 Å². The SMILES string of the molecule is CCCOc1ccc(-c2nc(C)c(I)c(NC)n2)cc1. The number of nitrogens with zero attached hydrogens (tertiary/aromatic N) is 2. The van der Waals surface area contributed by atoms with Crippen molar-refractivity contribution in [3.05, 3.63) is 33.5 Å². The quantitative estimate of drug-likeness (QED) is 0.796. The largest absolute Gasteiger partial charge is 0.494 e. The smallest absolute Gasteiger partial charge is 0.161 e. The molecule has 0 aliphatic rings. The fourth-order valence-corrected chi connectivity index (χ4v) is 2.29. The number of hydrogen-bond donors (Lipinski definition) is 1. The average Bonchev–Trinajstić information content (AvgIpc) is 2.48. The molecule has 0 saturated carbocycles. The van der Waals surface area contributed by atoms with E-state index in [9.17, 15) is 0 Å². The lowest BCUT2D eigenvalue weighted by Gasteiger charge is -2.09. The minimum atomic E-state index is 0.731. The Labute approximate surface area is 133 Å². The molecule has 5 heteroatoms. The van der Waals surface area contributed by atoms with Crippen LogP contribution in [-0.4, -0.2) is 23.6 Å². The molecule has 0 unspecified atom stereocenters. The molecule has 0 bridgehead atoms. The van der Waals surface area contributed by atoms with E-state index in [0.29, 0.717) is 0 Å². The molecule has 0 saturated heterocycles. The van der Waals surface area contributed by atoms with E-state index >= 15 is 0 Å². The van der Waals surface area contributed by atoms with E-state index < -0.39 is 0 Å². The Hall–Kier alpha value is -1.37. The lowest BCUT2D eigenvalue weighted by atomic mass is 10.2. The van der Waals surface area contributed by atoms with Crippen LogP contribution in [0.5, 0.6) is 5.75 Å². The Balaban J connectivity index is 2.29. The van der Waals surface area contributed by atoms with Gasteiger partial charge in [-0.2, -0.15) is 0 Å². The first-order valence-corrected chi connectivity index (χ1v) is 7.68. The summed E-state index contributed by atoms with van der Waals surface area (Å²) in [4.78, 5) is 9.09. The summed E-state index contributed by atoms with van der Waals surface area (Å²) in [5.41, 5.74) is 1.97. The molecule has 1 heterocycles. The highest BCUT2D eigenvalue weighted by Crippen LogP contribution is 2.24. The molecule has 1 aromatic carbocycles. The number of nitrogens with one attached hydrogen (secondary N) is 1. The zero-order valence-corrected chi connectivity index (χ0v) is 14.1. The molecule has 4 nitrogen and oxygen atoms in total. The number of benzene rings is 1. The first-order valence-electron chi connectivity index (χ1n) is 6.60. The molecular weight excluding hydrogens is 365 g/mol. The maximum Gasteiger partial charge on any atom is 0.161 e. The van der Waals surface area contributed by atoms with Crippen molar-refractivity contribution in [1.29, 1.82) is 0 Å². The van der Waals surface area contributed by atoms with Crippen molar-refractivity contribution in [3.63, 3.8) is 0 Å². The Bertz CT molecular complexity index is 584. The molecule has 2 rings (SSSR count). The number of rotatable bonds is 5. The third-order valence-electron chi connectivity index (χ3n) is 2.84. The summed E-state index contributed by atoms with van der Waals surface area (Å²) >= 11 is 2.25. The molecule has 1 N–H and O–H groups in total. The number of aryl methyl sites for hydroxylation is 1. The van der Waals surface area contributed by atoms with Crippen molar-refractivity contribution in [3.8, 4) is 17.1 Å². The summed E-state index contributed by atoms with van der Waals surface area (Å²) in [6.45, 7) is 4.82. The summed E-state index contributed by atoms with van der Waals surface area (Å²) in [7, 11) is 1.87. The van der Waals surface area contributed by atoms with Crippen LogP contribution in [0.4, 0.5) is 5.82 Å². The van der Waals surface area contributed by atoms with Crippen LogP contribution >= 0.6 is 22.6 Å². The molecule has 0 fully saturated rings. The van der Waals surface area contributed by atoms with Gasteiger partial charge in [0.15, 0.2) is 5.82 Å². The van der Waals surface area contributed by atoms with Crippen LogP contribution in [0.1, 0.15) is 19.0 Å². The Morgan fingerprint density at radius 1 is 1.20 bits per heavy atom. The van der Waals surface area contributed by atoms with Crippen LogP contribution in [0, 0.1) is 10.5 Å². The van der Waals surface area contributed by atoms with Crippen LogP contribution < -0.4 is 10.1 Å². The summed E-state index contributed by atoms with van der Waals surface area (Å²) in [6, 6.07) is 7.90. The van der Waals surface area contributed by atoms with E-state index in [1.807, 2.05) is 38.2 Å². The highest BCUT2D eigenvalue weighted by molar-refractivity contribution is 14.1. The van der Waals surface area contributed by atoms with E-state index in [1.54, 1.807) is 0 Å². The van der Waals surface area contributed by atoms with Gasteiger partial charge < -0.3 is 10.1 Å². The topological polar surface area (TPSA) is 47.0 Å². The van der Waals surface area contributed by atoms with E-state index in [-0.39, 0.29) is 0 Å². The summed E-state index contributed by atoms with van der Waals surface area (Å²) in [5, 5.41) is 3.10. The van der Waals surface area contributed by atoms with Crippen molar-refractivity contribution >= 4 is 28.4 Å². The van der Waals surface area contributed by atoms with E-state index in [1.165, 1.54) is 0 Å². The van der Waals surface area contributed by atoms with Crippen molar-refractivity contribution in [1.82, 2.24) is 9.97 Å². The molecular formula is C15H18IN3O. The van der Waals surface area contributed by atoms with Crippen LogP contribution in [0.2, 0.25) is 0 Å².